The second-order valence-electron chi connectivity index (χ2n) is 5.59. The molecule has 0 aliphatic rings. The number of carbonyl (C=O) groups excluding carboxylic acids is 2. The maximum absolute atomic E-state index is 11.8. The molecule has 22 heavy (non-hydrogen) atoms. The number of likely N-dealkylation sites (N-methyl/N-ethyl adjacent to an activating group) is 1. The van der Waals surface area contributed by atoms with Crippen molar-refractivity contribution in [2.45, 2.75) is 25.7 Å². The molecule has 5 heteroatoms. The van der Waals surface area contributed by atoms with Crippen LogP contribution in [0.25, 0.3) is 0 Å². The Morgan fingerprint density at radius 3 is 2.36 bits per heavy atom. The third kappa shape index (κ3) is 8.42. The Kier molecular flexibility index (Phi) is 8.91. The molecule has 0 aromatic heterocycles. The van der Waals surface area contributed by atoms with Crippen molar-refractivity contribution in [3.05, 3.63) is 35.9 Å². The fourth-order valence-corrected chi connectivity index (χ4v) is 1.99. The van der Waals surface area contributed by atoms with Crippen LogP contribution in [0.3, 0.4) is 0 Å². The second-order valence-corrected chi connectivity index (χ2v) is 5.59. The molecular weight excluding hydrogens is 278 g/mol. The van der Waals surface area contributed by atoms with Gasteiger partial charge in [0.15, 0.2) is 0 Å². The first-order valence-electron chi connectivity index (χ1n) is 7.84. The Morgan fingerprint density at radius 1 is 0.955 bits per heavy atom. The minimum atomic E-state index is -0.0398. The molecule has 2 N–H and O–H groups in total. The fourth-order valence-electron chi connectivity index (χ4n) is 1.99. The number of unbranched alkanes of at least 4 members (excludes halogenated alkanes) is 2. The standard InChI is InChI=1S/C17H27N3O2/c1-20(2)14-13-18-16(21)11-7-4-8-12-19-17(22)15-9-5-3-6-10-15/h3,5-6,9-10H,4,7-8,11-14H2,1-2H3,(H,18,21)(H,19,22). The summed E-state index contributed by atoms with van der Waals surface area (Å²) in [5, 5.41) is 5.78. The highest BCUT2D eigenvalue weighted by molar-refractivity contribution is 5.94. The van der Waals surface area contributed by atoms with E-state index in [2.05, 4.69) is 10.6 Å². The number of nitrogens with zero attached hydrogens (tertiary/aromatic N) is 1. The Labute approximate surface area is 133 Å². The predicted octanol–water partition coefficient (Wildman–Crippen LogP) is 1.65. The molecule has 1 rings (SSSR count). The van der Waals surface area contributed by atoms with E-state index in [0.717, 1.165) is 25.8 Å². The Balaban J connectivity index is 1.99. The van der Waals surface area contributed by atoms with E-state index in [1.54, 1.807) is 12.1 Å². The zero-order valence-electron chi connectivity index (χ0n) is 13.6. The molecule has 1 aromatic carbocycles. The summed E-state index contributed by atoms with van der Waals surface area (Å²) in [4.78, 5) is 25.4. The summed E-state index contributed by atoms with van der Waals surface area (Å²) < 4.78 is 0. The molecular formula is C17H27N3O2. The van der Waals surface area contributed by atoms with Gasteiger partial charge in [-0.3, -0.25) is 9.59 Å². The molecule has 0 heterocycles. The molecule has 0 radical (unpaired) electrons. The lowest BCUT2D eigenvalue weighted by Gasteiger charge is -2.10. The van der Waals surface area contributed by atoms with Gasteiger partial charge in [0.2, 0.25) is 5.91 Å². The third-order valence-electron chi connectivity index (χ3n) is 3.28. The van der Waals surface area contributed by atoms with Gasteiger partial charge >= 0.3 is 0 Å². The number of benzene rings is 1. The van der Waals surface area contributed by atoms with Crippen molar-refractivity contribution in [1.29, 1.82) is 0 Å². The van der Waals surface area contributed by atoms with E-state index in [9.17, 15) is 9.59 Å². The van der Waals surface area contributed by atoms with E-state index in [0.29, 0.717) is 25.1 Å². The third-order valence-corrected chi connectivity index (χ3v) is 3.28. The highest BCUT2D eigenvalue weighted by Gasteiger charge is 2.03. The molecule has 0 aliphatic heterocycles. The molecule has 122 valence electrons. The van der Waals surface area contributed by atoms with E-state index in [1.165, 1.54) is 0 Å². The van der Waals surface area contributed by atoms with Gasteiger partial charge in [-0.15, -0.1) is 0 Å². The second kappa shape index (κ2) is 10.8. The molecule has 1 aromatic rings. The van der Waals surface area contributed by atoms with Crippen LogP contribution in [0.2, 0.25) is 0 Å². The molecule has 0 unspecified atom stereocenters. The smallest absolute Gasteiger partial charge is 0.251 e. The van der Waals surface area contributed by atoms with E-state index in [1.807, 2.05) is 37.2 Å². The van der Waals surface area contributed by atoms with Crippen LogP contribution in [0.1, 0.15) is 36.0 Å². The number of carbonyl (C=O) groups is 2. The maximum Gasteiger partial charge on any atom is 0.251 e. The van der Waals surface area contributed by atoms with Gasteiger partial charge in [0.25, 0.3) is 5.91 Å². The van der Waals surface area contributed by atoms with Gasteiger partial charge < -0.3 is 15.5 Å². The minimum Gasteiger partial charge on any atom is -0.355 e. The van der Waals surface area contributed by atoms with Gasteiger partial charge in [-0.2, -0.15) is 0 Å². The predicted molar refractivity (Wildman–Crippen MR) is 88.8 cm³/mol. The zero-order valence-corrected chi connectivity index (χ0v) is 13.6. The van der Waals surface area contributed by atoms with Crippen molar-refractivity contribution in [3.63, 3.8) is 0 Å². The first-order valence-corrected chi connectivity index (χ1v) is 7.84. The largest absolute Gasteiger partial charge is 0.355 e. The first-order chi connectivity index (χ1) is 10.6. The van der Waals surface area contributed by atoms with Crippen LogP contribution < -0.4 is 10.6 Å². The van der Waals surface area contributed by atoms with Crippen molar-refractivity contribution in [3.8, 4) is 0 Å². The summed E-state index contributed by atoms with van der Waals surface area (Å²) in [6, 6.07) is 9.19. The molecule has 0 aliphatic carbocycles. The van der Waals surface area contributed by atoms with Crippen molar-refractivity contribution < 1.29 is 9.59 Å². The summed E-state index contributed by atoms with van der Waals surface area (Å²) in [6.45, 7) is 2.20. The van der Waals surface area contributed by atoms with Crippen LogP contribution in [0.15, 0.2) is 30.3 Å². The summed E-state index contributed by atoms with van der Waals surface area (Å²) in [6.07, 6.45) is 3.24. The number of nitrogens with one attached hydrogen (secondary N) is 2. The lowest BCUT2D eigenvalue weighted by molar-refractivity contribution is -0.121. The van der Waals surface area contributed by atoms with Gasteiger partial charge in [0.05, 0.1) is 0 Å². The summed E-state index contributed by atoms with van der Waals surface area (Å²) >= 11 is 0. The zero-order chi connectivity index (χ0) is 16.2. The van der Waals surface area contributed by atoms with E-state index < -0.39 is 0 Å². The van der Waals surface area contributed by atoms with Crippen LogP contribution in [0.5, 0.6) is 0 Å². The average Bonchev–Trinajstić information content (AvgIpc) is 2.51. The lowest BCUT2D eigenvalue weighted by Crippen LogP contribution is -2.31. The van der Waals surface area contributed by atoms with Gasteiger partial charge in [-0.25, -0.2) is 0 Å². The Morgan fingerprint density at radius 2 is 1.68 bits per heavy atom. The van der Waals surface area contributed by atoms with Crippen molar-refractivity contribution in [2.75, 3.05) is 33.7 Å². The van der Waals surface area contributed by atoms with Crippen molar-refractivity contribution >= 4 is 11.8 Å². The van der Waals surface area contributed by atoms with Crippen LogP contribution >= 0.6 is 0 Å². The fraction of sp³-hybridized carbons (Fsp3) is 0.529. The van der Waals surface area contributed by atoms with Crippen molar-refractivity contribution in [2.24, 2.45) is 0 Å². The van der Waals surface area contributed by atoms with Crippen LogP contribution in [0, 0.1) is 0 Å². The van der Waals surface area contributed by atoms with Crippen LogP contribution in [0.4, 0.5) is 0 Å². The van der Waals surface area contributed by atoms with Gasteiger partial charge in [0, 0.05) is 31.6 Å². The lowest BCUT2D eigenvalue weighted by atomic mass is 10.1. The number of hydrogen-bond acceptors (Lipinski definition) is 3. The highest BCUT2D eigenvalue weighted by atomic mass is 16.2. The van der Waals surface area contributed by atoms with E-state index >= 15 is 0 Å². The summed E-state index contributed by atoms with van der Waals surface area (Å²) in [5.74, 6) is 0.0669. The topological polar surface area (TPSA) is 61.4 Å². The summed E-state index contributed by atoms with van der Waals surface area (Å²) in [7, 11) is 3.96. The number of hydrogen-bond donors (Lipinski definition) is 2. The molecule has 0 bridgehead atoms. The molecule has 0 fully saturated rings. The Bertz CT molecular complexity index is 446. The van der Waals surface area contributed by atoms with Gasteiger partial charge in [0.1, 0.15) is 0 Å². The molecule has 0 saturated heterocycles. The SMILES string of the molecule is CN(C)CCNC(=O)CCCCCNC(=O)c1ccccc1. The quantitative estimate of drug-likeness (QED) is 0.646. The highest BCUT2D eigenvalue weighted by Crippen LogP contribution is 2.01. The Hall–Kier alpha value is -1.88. The minimum absolute atomic E-state index is 0.0398. The number of rotatable bonds is 10. The normalized spacial score (nSPS) is 10.5. The van der Waals surface area contributed by atoms with E-state index in [-0.39, 0.29) is 11.8 Å². The molecule has 0 spiro atoms. The molecule has 0 saturated carbocycles. The molecule has 5 nitrogen and oxygen atoms in total. The van der Waals surface area contributed by atoms with E-state index in [4.69, 9.17) is 0 Å². The summed E-state index contributed by atoms with van der Waals surface area (Å²) in [5.41, 5.74) is 0.683. The molecule has 0 atom stereocenters. The number of amides is 2. The monoisotopic (exact) mass is 305 g/mol. The first kappa shape index (κ1) is 18.2. The van der Waals surface area contributed by atoms with Crippen LogP contribution in [-0.4, -0.2) is 50.4 Å². The maximum atomic E-state index is 11.8. The van der Waals surface area contributed by atoms with Crippen molar-refractivity contribution in [1.82, 2.24) is 15.5 Å². The van der Waals surface area contributed by atoms with Gasteiger partial charge in [-0.05, 0) is 39.1 Å². The average molecular weight is 305 g/mol. The molecule has 2 amide bonds. The van der Waals surface area contributed by atoms with Gasteiger partial charge in [-0.1, -0.05) is 24.6 Å². The van der Waals surface area contributed by atoms with Crippen LogP contribution in [-0.2, 0) is 4.79 Å².